The van der Waals surface area contributed by atoms with Gasteiger partial charge < -0.3 is 16.0 Å². The molecule has 0 saturated carbocycles. The first kappa shape index (κ1) is 19.9. The largest absolute Gasteiger partial charge is 0.338 e. The molecule has 1 fully saturated rings. The van der Waals surface area contributed by atoms with E-state index in [1.807, 2.05) is 59.5 Å². The monoisotopic (exact) mass is 373 g/mol. The lowest BCUT2D eigenvalue weighted by atomic mass is 9.92. The number of benzene rings is 2. The van der Waals surface area contributed by atoms with Gasteiger partial charge in [0.1, 0.15) is 5.54 Å². The molecule has 0 aliphatic carbocycles. The minimum atomic E-state index is -1.11. The summed E-state index contributed by atoms with van der Waals surface area (Å²) in [6.45, 7) is 3.14. The van der Waals surface area contributed by atoms with E-state index >= 15 is 0 Å². The van der Waals surface area contributed by atoms with Crippen molar-refractivity contribution in [2.45, 2.75) is 31.8 Å². The molecule has 3 N–H and O–H groups in total. The van der Waals surface area contributed by atoms with E-state index in [4.69, 9.17) is 5.73 Å². The van der Waals surface area contributed by atoms with Crippen LogP contribution in [0, 0.1) is 0 Å². The van der Waals surface area contributed by atoms with Crippen LogP contribution in [0.3, 0.4) is 0 Å². The predicted molar refractivity (Wildman–Crippen MR) is 105 cm³/mol. The molecule has 5 nitrogen and oxygen atoms in total. The summed E-state index contributed by atoms with van der Waals surface area (Å²) in [6, 6.07) is 16.8. The first-order valence-corrected chi connectivity index (χ1v) is 8.49. The van der Waals surface area contributed by atoms with E-state index in [1.54, 1.807) is 6.92 Å². The third-order valence-electron chi connectivity index (χ3n) is 4.60. The molecule has 1 saturated heterocycles. The van der Waals surface area contributed by atoms with Gasteiger partial charge in [-0.25, -0.2) is 0 Å². The molecule has 0 bridgehead atoms. The first-order valence-electron chi connectivity index (χ1n) is 8.49. The Hall–Kier alpha value is -2.37. The van der Waals surface area contributed by atoms with Gasteiger partial charge in [-0.2, -0.15) is 0 Å². The highest BCUT2D eigenvalue weighted by atomic mass is 35.5. The number of hydrogen-bond donors (Lipinski definition) is 2. The molecule has 0 spiro atoms. The van der Waals surface area contributed by atoms with Crippen molar-refractivity contribution in [3.05, 3.63) is 65.7 Å². The van der Waals surface area contributed by atoms with E-state index in [0.717, 1.165) is 24.1 Å². The number of nitrogens with one attached hydrogen (secondary N) is 1. The maximum atomic E-state index is 12.6. The number of carbonyl (C=O) groups excluding carboxylic acids is 2. The summed E-state index contributed by atoms with van der Waals surface area (Å²) in [5.41, 5.74) is 7.62. The molecule has 2 aromatic carbocycles. The van der Waals surface area contributed by atoms with Crippen LogP contribution in [0.1, 0.15) is 30.9 Å². The summed E-state index contributed by atoms with van der Waals surface area (Å²) in [5, 5.41) is 2.87. The van der Waals surface area contributed by atoms with Crippen LogP contribution in [-0.2, 0) is 21.7 Å². The molecule has 1 aliphatic heterocycles. The first-order chi connectivity index (χ1) is 12.0. The highest BCUT2D eigenvalue weighted by Crippen LogP contribution is 2.21. The van der Waals surface area contributed by atoms with Gasteiger partial charge in [0.25, 0.3) is 0 Å². The maximum absolute atomic E-state index is 12.6. The van der Waals surface area contributed by atoms with Crippen LogP contribution in [0.4, 0.5) is 5.69 Å². The SMILES string of the molecule is CC(N)(C(=O)Nc1ccc(CN2CCCC2=O)cc1)c1ccccc1.Cl. The van der Waals surface area contributed by atoms with Gasteiger partial charge in [-0.1, -0.05) is 42.5 Å². The Bertz CT molecular complexity index is 760. The van der Waals surface area contributed by atoms with Crippen molar-refractivity contribution in [1.82, 2.24) is 4.90 Å². The van der Waals surface area contributed by atoms with Crippen LogP contribution in [-0.4, -0.2) is 23.3 Å². The smallest absolute Gasteiger partial charge is 0.248 e. The van der Waals surface area contributed by atoms with Crippen molar-refractivity contribution in [3.8, 4) is 0 Å². The lowest BCUT2D eigenvalue weighted by molar-refractivity contribution is -0.128. The van der Waals surface area contributed by atoms with Gasteiger partial charge in [0.15, 0.2) is 0 Å². The minimum absolute atomic E-state index is 0. The molecule has 3 rings (SSSR count). The molecule has 1 atom stereocenters. The Labute approximate surface area is 160 Å². The number of halogens is 1. The van der Waals surface area contributed by atoms with Gasteiger partial charge >= 0.3 is 0 Å². The second-order valence-corrected chi connectivity index (χ2v) is 6.64. The number of anilines is 1. The van der Waals surface area contributed by atoms with Gasteiger partial charge in [-0.15, -0.1) is 12.4 Å². The van der Waals surface area contributed by atoms with Crippen molar-refractivity contribution in [2.24, 2.45) is 5.73 Å². The van der Waals surface area contributed by atoms with E-state index in [1.165, 1.54) is 0 Å². The minimum Gasteiger partial charge on any atom is -0.338 e. The Morgan fingerprint density at radius 3 is 2.38 bits per heavy atom. The van der Waals surface area contributed by atoms with E-state index in [-0.39, 0.29) is 24.2 Å². The third kappa shape index (κ3) is 4.42. The lowest BCUT2D eigenvalue weighted by Gasteiger charge is -2.24. The summed E-state index contributed by atoms with van der Waals surface area (Å²) >= 11 is 0. The Morgan fingerprint density at radius 1 is 1.15 bits per heavy atom. The van der Waals surface area contributed by atoms with Gasteiger partial charge in [-0.3, -0.25) is 9.59 Å². The predicted octanol–water partition coefficient (Wildman–Crippen LogP) is 3.04. The average molecular weight is 374 g/mol. The molecule has 1 aliphatic rings. The number of rotatable bonds is 5. The fourth-order valence-electron chi connectivity index (χ4n) is 2.96. The Balaban J connectivity index is 0.00000243. The van der Waals surface area contributed by atoms with E-state index in [0.29, 0.717) is 18.7 Å². The molecule has 2 aromatic rings. The number of nitrogens with zero attached hydrogens (tertiary/aromatic N) is 1. The van der Waals surface area contributed by atoms with Crippen molar-refractivity contribution in [3.63, 3.8) is 0 Å². The van der Waals surface area contributed by atoms with Crippen molar-refractivity contribution in [1.29, 1.82) is 0 Å². The lowest BCUT2D eigenvalue weighted by Crippen LogP contribution is -2.45. The second-order valence-electron chi connectivity index (χ2n) is 6.64. The highest BCUT2D eigenvalue weighted by molar-refractivity contribution is 5.98. The molecule has 2 amide bonds. The van der Waals surface area contributed by atoms with Crippen LogP contribution in [0.2, 0.25) is 0 Å². The number of amides is 2. The van der Waals surface area contributed by atoms with Crippen LogP contribution in [0.25, 0.3) is 0 Å². The molecule has 0 radical (unpaired) electrons. The standard InChI is InChI=1S/C20H23N3O2.ClH/c1-20(21,16-6-3-2-4-7-16)19(25)22-17-11-9-15(10-12-17)14-23-13-5-8-18(23)24;/h2-4,6-7,9-12H,5,8,13-14,21H2,1H3,(H,22,25);1H. The number of carbonyl (C=O) groups is 2. The summed E-state index contributed by atoms with van der Waals surface area (Å²) in [7, 11) is 0. The van der Waals surface area contributed by atoms with Crippen molar-refractivity contribution < 1.29 is 9.59 Å². The van der Waals surface area contributed by atoms with Crippen LogP contribution in [0.15, 0.2) is 54.6 Å². The number of nitrogens with two attached hydrogens (primary N) is 1. The molecular formula is C20H24ClN3O2. The molecule has 26 heavy (non-hydrogen) atoms. The van der Waals surface area contributed by atoms with Gasteiger partial charge in [0.2, 0.25) is 11.8 Å². The third-order valence-corrected chi connectivity index (χ3v) is 4.60. The second kappa shape index (κ2) is 8.34. The topological polar surface area (TPSA) is 75.4 Å². The fraction of sp³-hybridized carbons (Fsp3) is 0.300. The van der Waals surface area contributed by atoms with E-state index < -0.39 is 5.54 Å². The maximum Gasteiger partial charge on any atom is 0.248 e. The molecule has 1 heterocycles. The van der Waals surface area contributed by atoms with Crippen LogP contribution in [0.5, 0.6) is 0 Å². The highest BCUT2D eigenvalue weighted by Gasteiger charge is 2.30. The van der Waals surface area contributed by atoms with E-state index in [2.05, 4.69) is 5.32 Å². The Morgan fingerprint density at radius 2 is 1.81 bits per heavy atom. The Kier molecular flexibility index (Phi) is 6.40. The zero-order valence-electron chi connectivity index (χ0n) is 14.8. The van der Waals surface area contributed by atoms with Crippen LogP contribution >= 0.6 is 12.4 Å². The number of likely N-dealkylation sites (tertiary alicyclic amines) is 1. The normalized spacial score (nSPS) is 15.9. The molecule has 0 aromatic heterocycles. The zero-order chi connectivity index (χ0) is 17.9. The van der Waals surface area contributed by atoms with Crippen molar-refractivity contribution >= 4 is 29.9 Å². The van der Waals surface area contributed by atoms with Gasteiger partial charge in [0, 0.05) is 25.2 Å². The zero-order valence-corrected chi connectivity index (χ0v) is 15.6. The fourth-order valence-corrected chi connectivity index (χ4v) is 2.96. The molecular weight excluding hydrogens is 350 g/mol. The van der Waals surface area contributed by atoms with Crippen molar-refractivity contribution in [2.75, 3.05) is 11.9 Å². The van der Waals surface area contributed by atoms with Gasteiger partial charge in [-0.05, 0) is 36.6 Å². The summed E-state index contributed by atoms with van der Waals surface area (Å²) in [5.74, 6) is -0.0553. The summed E-state index contributed by atoms with van der Waals surface area (Å²) in [4.78, 5) is 26.1. The van der Waals surface area contributed by atoms with Gasteiger partial charge in [0.05, 0.1) is 0 Å². The molecule has 138 valence electrons. The number of hydrogen-bond acceptors (Lipinski definition) is 3. The summed E-state index contributed by atoms with van der Waals surface area (Å²) < 4.78 is 0. The van der Waals surface area contributed by atoms with E-state index in [9.17, 15) is 9.59 Å². The summed E-state index contributed by atoms with van der Waals surface area (Å²) in [6.07, 6.45) is 1.57. The molecule has 1 unspecified atom stereocenters. The van der Waals surface area contributed by atoms with Crippen LogP contribution < -0.4 is 11.1 Å². The molecule has 6 heteroatoms. The quantitative estimate of drug-likeness (QED) is 0.845. The average Bonchev–Trinajstić information content (AvgIpc) is 3.02.